The van der Waals surface area contributed by atoms with E-state index < -0.39 is 68.7 Å². The Morgan fingerprint density at radius 2 is 1.75 bits per heavy atom. The van der Waals surface area contributed by atoms with Crippen LogP contribution in [0.1, 0.15) is 58.3 Å². The first-order chi connectivity index (χ1) is 18.9. The molecule has 13 heteroatoms. The fourth-order valence-corrected chi connectivity index (χ4v) is 7.05. The van der Waals surface area contributed by atoms with Crippen molar-refractivity contribution in [3.63, 3.8) is 0 Å². The number of nitrogens with one attached hydrogen (secondary N) is 4. The van der Waals surface area contributed by atoms with Gasteiger partial charge in [0.05, 0.1) is 11.4 Å². The van der Waals surface area contributed by atoms with Gasteiger partial charge in [0.1, 0.15) is 17.6 Å². The molecule has 1 aliphatic heterocycles. The van der Waals surface area contributed by atoms with Gasteiger partial charge >= 0.3 is 6.03 Å². The van der Waals surface area contributed by atoms with Crippen molar-refractivity contribution in [2.24, 2.45) is 11.8 Å². The summed E-state index contributed by atoms with van der Waals surface area (Å²) < 4.78 is 32.4. The van der Waals surface area contributed by atoms with Crippen molar-refractivity contribution in [3.8, 4) is 0 Å². The fourth-order valence-electron chi connectivity index (χ4n) is 5.68. The first kappa shape index (κ1) is 30.0. The average molecular weight is 580 g/mol. The van der Waals surface area contributed by atoms with Gasteiger partial charge in [-0.1, -0.05) is 25.0 Å². The number of likely N-dealkylation sites (tertiary alicyclic amines) is 1. The molecule has 222 valence electrons. The average Bonchev–Trinajstić information content (AvgIpc) is 3.80. The van der Waals surface area contributed by atoms with E-state index in [1.54, 1.807) is 13.0 Å². The molecule has 0 bridgehead atoms. The standard InChI is InChI=1S/C27H41N5O7S/c1-5-17-13-21(23(33)30-27(14-18(27)6-2)25(35)31-40(37,38)20-11-12-20)32(15-17)24(34)22(16(3)39-4)29-26(36)28-19-9-7-8-10-19/h5-6,16-22H,1-2,7-15H2,3-4H3,(H,30,33)(H,31,35)(H2,28,29,36)/t16-,17?,18+,21-,22-,27+/m0/s1. The van der Waals surface area contributed by atoms with Gasteiger partial charge in [0, 0.05) is 25.6 Å². The molecule has 3 saturated carbocycles. The van der Waals surface area contributed by atoms with E-state index in [9.17, 15) is 27.6 Å². The van der Waals surface area contributed by atoms with Crippen LogP contribution in [0.25, 0.3) is 0 Å². The van der Waals surface area contributed by atoms with E-state index in [1.165, 1.54) is 18.1 Å². The number of rotatable bonds is 12. The Morgan fingerprint density at radius 3 is 2.30 bits per heavy atom. The molecule has 0 radical (unpaired) electrons. The predicted molar refractivity (Wildman–Crippen MR) is 147 cm³/mol. The summed E-state index contributed by atoms with van der Waals surface area (Å²) >= 11 is 0. The lowest BCUT2D eigenvalue weighted by molar-refractivity contribution is -0.143. The number of ether oxygens (including phenoxy) is 1. The lowest BCUT2D eigenvalue weighted by Gasteiger charge is -2.32. The highest BCUT2D eigenvalue weighted by molar-refractivity contribution is 7.91. The van der Waals surface area contributed by atoms with Crippen LogP contribution in [0.2, 0.25) is 0 Å². The molecule has 1 saturated heterocycles. The van der Waals surface area contributed by atoms with Crippen LogP contribution in [0.5, 0.6) is 0 Å². The summed E-state index contributed by atoms with van der Waals surface area (Å²) in [5.41, 5.74) is -1.46. The number of carbonyl (C=O) groups is 4. The SMILES string of the molecule is C=CC1C[C@@H](C(=O)N[C@]2(C(=O)NS(=O)(=O)C3CC3)C[C@H]2C=C)N(C(=O)[C@@H](NC(=O)NC2CCCC2)[C@H](C)OC)C1. The van der Waals surface area contributed by atoms with Crippen molar-refractivity contribution in [2.45, 2.75) is 93.3 Å². The van der Waals surface area contributed by atoms with Crippen LogP contribution in [0, 0.1) is 11.8 Å². The Hall–Kier alpha value is -2.93. The minimum absolute atomic E-state index is 0.0477. The smallest absolute Gasteiger partial charge is 0.315 e. The maximum atomic E-state index is 13.8. The van der Waals surface area contributed by atoms with Crippen LogP contribution in [0.4, 0.5) is 4.79 Å². The van der Waals surface area contributed by atoms with Crippen molar-refractivity contribution >= 4 is 33.8 Å². The molecule has 6 atom stereocenters. The molecular formula is C27H41N5O7S. The topological polar surface area (TPSA) is 163 Å². The van der Waals surface area contributed by atoms with Crippen molar-refractivity contribution in [1.29, 1.82) is 0 Å². The summed E-state index contributed by atoms with van der Waals surface area (Å²) in [6.07, 6.45) is 7.76. The second-order valence-electron chi connectivity index (χ2n) is 11.4. The normalized spacial score (nSPS) is 29.6. The number of hydrogen-bond acceptors (Lipinski definition) is 7. The van der Waals surface area contributed by atoms with Crippen molar-refractivity contribution in [2.75, 3.05) is 13.7 Å². The van der Waals surface area contributed by atoms with E-state index in [4.69, 9.17) is 4.74 Å². The molecule has 1 unspecified atom stereocenters. The minimum atomic E-state index is -3.82. The molecule has 4 rings (SSSR count). The molecule has 0 aromatic heterocycles. The third kappa shape index (κ3) is 6.35. The predicted octanol–water partition coefficient (Wildman–Crippen LogP) is 0.704. The second kappa shape index (κ2) is 11.9. The molecule has 4 N–H and O–H groups in total. The monoisotopic (exact) mass is 579 g/mol. The van der Waals surface area contributed by atoms with Gasteiger partial charge in [-0.05, 0) is 51.4 Å². The van der Waals surface area contributed by atoms with Crippen LogP contribution in [-0.2, 0) is 29.1 Å². The van der Waals surface area contributed by atoms with E-state index in [0.29, 0.717) is 12.8 Å². The fraction of sp³-hybridized carbons (Fsp3) is 0.704. The molecular weight excluding hydrogens is 538 g/mol. The minimum Gasteiger partial charge on any atom is -0.379 e. The van der Waals surface area contributed by atoms with Crippen LogP contribution in [0.15, 0.2) is 25.3 Å². The zero-order valence-corrected chi connectivity index (χ0v) is 24.0. The van der Waals surface area contributed by atoms with Gasteiger partial charge in [0.15, 0.2) is 0 Å². The first-order valence-electron chi connectivity index (χ1n) is 14.0. The highest BCUT2D eigenvalue weighted by Gasteiger charge is 2.61. The van der Waals surface area contributed by atoms with Gasteiger partial charge < -0.3 is 25.6 Å². The van der Waals surface area contributed by atoms with Gasteiger partial charge in [-0.15, -0.1) is 13.2 Å². The molecule has 0 aromatic carbocycles. The lowest BCUT2D eigenvalue weighted by atomic mass is 10.0. The molecule has 3 aliphatic carbocycles. The zero-order chi connectivity index (χ0) is 29.2. The summed E-state index contributed by atoms with van der Waals surface area (Å²) in [5.74, 6) is -2.52. The molecule has 5 amide bonds. The number of amides is 5. The Bertz CT molecular complexity index is 1150. The molecule has 12 nitrogen and oxygen atoms in total. The van der Waals surface area contributed by atoms with Crippen molar-refractivity contribution in [1.82, 2.24) is 25.6 Å². The van der Waals surface area contributed by atoms with E-state index in [2.05, 4.69) is 33.8 Å². The van der Waals surface area contributed by atoms with Gasteiger partial charge in [-0.2, -0.15) is 0 Å². The number of urea groups is 1. The van der Waals surface area contributed by atoms with Crippen LogP contribution in [-0.4, -0.2) is 85.7 Å². The quantitative estimate of drug-likeness (QED) is 0.247. The van der Waals surface area contributed by atoms with Crippen LogP contribution in [0.3, 0.4) is 0 Å². The molecule has 40 heavy (non-hydrogen) atoms. The van der Waals surface area contributed by atoms with E-state index >= 15 is 0 Å². The molecule has 0 spiro atoms. The third-order valence-electron chi connectivity index (χ3n) is 8.59. The molecule has 4 aliphatic rings. The Kier molecular flexibility index (Phi) is 8.93. The van der Waals surface area contributed by atoms with E-state index in [0.717, 1.165) is 25.7 Å². The third-order valence-corrected chi connectivity index (χ3v) is 10.4. The Morgan fingerprint density at radius 1 is 1.07 bits per heavy atom. The summed E-state index contributed by atoms with van der Waals surface area (Å²) in [7, 11) is -2.39. The zero-order valence-electron chi connectivity index (χ0n) is 23.2. The largest absolute Gasteiger partial charge is 0.379 e. The highest BCUT2D eigenvalue weighted by Crippen LogP contribution is 2.45. The number of nitrogens with zero attached hydrogens (tertiary/aromatic N) is 1. The summed E-state index contributed by atoms with van der Waals surface area (Å²) in [6, 6.07) is -2.45. The van der Waals surface area contributed by atoms with Crippen molar-refractivity contribution in [3.05, 3.63) is 25.3 Å². The Balaban J connectivity index is 1.49. The van der Waals surface area contributed by atoms with E-state index in [-0.39, 0.29) is 31.3 Å². The van der Waals surface area contributed by atoms with Gasteiger partial charge in [-0.3, -0.25) is 19.1 Å². The second-order valence-corrected chi connectivity index (χ2v) is 13.4. The van der Waals surface area contributed by atoms with Crippen LogP contribution >= 0.6 is 0 Å². The number of methoxy groups -OCH3 is 1. The highest BCUT2D eigenvalue weighted by atomic mass is 32.2. The van der Waals surface area contributed by atoms with Gasteiger partial charge in [-0.25, -0.2) is 13.2 Å². The first-order valence-corrected chi connectivity index (χ1v) is 15.5. The number of hydrogen-bond donors (Lipinski definition) is 4. The number of sulfonamides is 1. The lowest BCUT2D eigenvalue weighted by Crippen LogP contribution is -2.61. The van der Waals surface area contributed by atoms with E-state index in [1.807, 2.05) is 0 Å². The van der Waals surface area contributed by atoms with Gasteiger partial charge in [0.2, 0.25) is 21.8 Å². The molecule has 1 heterocycles. The maximum Gasteiger partial charge on any atom is 0.315 e. The maximum absolute atomic E-state index is 13.8. The molecule has 0 aromatic rings. The Labute approximate surface area is 235 Å². The summed E-state index contributed by atoms with van der Waals surface area (Å²) in [6.45, 7) is 9.39. The van der Waals surface area contributed by atoms with Crippen LogP contribution < -0.4 is 20.7 Å². The van der Waals surface area contributed by atoms with Crippen molar-refractivity contribution < 1.29 is 32.3 Å². The molecule has 4 fully saturated rings. The van der Waals surface area contributed by atoms with Gasteiger partial charge in [0.25, 0.3) is 5.91 Å². The number of carbonyl (C=O) groups excluding carboxylic acids is 4. The summed E-state index contributed by atoms with van der Waals surface area (Å²) in [5, 5.41) is 7.79. The summed E-state index contributed by atoms with van der Waals surface area (Å²) in [4.78, 5) is 54.7.